The molecule has 1 fully saturated rings. The number of aromatic amines is 1. The van der Waals surface area contributed by atoms with Gasteiger partial charge in [0.25, 0.3) is 0 Å². The van der Waals surface area contributed by atoms with E-state index in [4.69, 9.17) is 0 Å². The van der Waals surface area contributed by atoms with Crippen LogP contribution in [0, 0.1) is 5.92 Å². The summed E-state index contributed by atoms with van der Waals surface area (Å²) < 4.78 is 1.36. The minimum absolute atomic E-state index is 0.165. The number of carbonyl (C=O) groups excluding carboxylic acids is 1. The molecule has 0 radical (unpaired) electrons. The van der Waals surface area contributed by atoms with Gasteiger partial charge in [-0.25, -0.2) is 19.3 Å². The molecule has 0 saturated carbocycles. The van der Waals surface area contributed by atoms with Gasteiger partial charge in [0.05, 0.1) is 0 Å². The van der Waals surface area contributed by atoms with Crippen LogP contribution in [0.2, 0.25) is 0 Å². The molecule has 2 aromatic heterocycles. The molecule has 7 heteroatoms. The van der Waals surface area contributed by atoms with Gasteiger partial charge in [-0.1, -0.05) is 0 Å². The summed E-state index contributed by atoms with van der Waals surface area (Å²) in [7, 11) is 0. The maximum atomic E-state index is 11.3. The molecular weight excluding hydrogens is 234 g/mol. The number of piperidine rings is 1. The summed E-state index contributed by atoms with van der Waals surface area (Å²) in [4.78, 5) is 28.4. The van der Waals surface area contributed by atoms with Crippen LogP contribution in [0.15, 0.2) is 17.2 Å². The molecule has 1 aliphatic heterocycles. The lowest BCUT2D eigenvalue weighted by Crippen LogP contribution is -2.34. The zero-order chi connectivity index (χ0) is 12.5. The molecule has 0 bridgehead atoms. The van der Waals surface area contributed by atoms with Gasteiger partial charge in [-0.05, 0) is 12.8 Å². The Balaban J connectivity index is 1.86. The largest absolute Gasteiger partial charge is 0.356 e. The topological polar surface area (TPSA) is 83.4 Å². The molecule has 18 heavy (non-hydrogen) atoms. The summed E-state index contributed by atoms with van der Waals surface area (Å²) in [6.45, 7) is 1.61. The zero-order valence-corrected chi connectivity index (χ0v) is 9.74. The number of hydrogen-bond acceptors (Lipinski definition) is 5. The highest BCUT2D eigenvalue weighted by Gasteiger charge is 2.19. The third kappa shape index (κ3) is 1.77. The molecule has 2 aromatic rings. The van der Waals surface area contributed by atoms with Gasteiger partial charge in [0.2, 0.25) is 0 Å². The van der Waals surface area contributed by atoms with Crippen molar-refractivity contribution < 1.29 is 4.79 Å². The zero-order valence-electron chi connectivity index (χ0n) is 9.74. The summed E-state index contributed by atoms with van der Waals surface area (Å²) >= 11 is 0. The summed E-state index contributed by atoms with van der Waals surface area (Å²) in [5.41, 5.74) is 0.270. The average Bonchev–Trinajstić information content (AvgIpc) is 2.80. The van der Waals surface area contributed by atoms with Gasteiger partial charge in [0, 0.05) is 25.1 Å². The second-order valence-corrected chi connectivity index (χ2v) is 4.46. The Kier molecular flexibility index (Phi) is 2.58. The predicted molar refractivity (Wildman–Crippen MR) is 64.6 cm³/mol. The van der Waals surface area contributed by atoms with Crippen LogP contribution in [0.3, 0.4) is 0 Å². The third-order valence-corrected chi connectivity index (χ3v) is 3.35. The maximum Gasteiger partial charge on any atom is 0.348 e. The highest BCUT2D eigenvalue weighted by molar-refractivity contribution is 5.55. The Hall–Kier alpha value is -2.18. The normalized spacial score (nSPS) is 17.2. The average molecular weight is 247 g/mol. The first-order valence-corrected chi connectivity index (χ1v) is 5.91. The van der Waals surface area contributed by atoms with Crippen LogP contribution < -0.4 is 10.6 Å². The van der Waals surface area contributed by atoms with E-state index in [0.29, 0.717) is 5.65 Å². The number of fused-ring (bicyclic) bond motifs is 1. The molecule has 3 heterocycles. The number of anilines is 1. The minimum atomic E-state index is -0.288. The quantitative estimate of drug-likeness (QED) is 0.745. The number of aromatic nitrogens is 4. The lowest BCUT2D eigenvalue weighted by Gasteiger charge is -2.30. The van der Waals surface area contributed by atoms with E-state index in [0.717, 1.165) is 38.0 Å². The number of hydrogen-bond donors (Lipinski definition) is 1. The Bertz CT molecular complexity index is 624. The number of rotatable bonds is 2. The molecule has 0 atom stereocenters. The number of aldehydes is 1. The highest BCUT2D eigenvalue weighted by atomic mass is 16.1. The molecule has 7 nitrogen and oxygen atoms in total. The fourth-order valence-electron chi connectivity index (χ4n) is 2.24. The molecule has 1 saturated heterocycles. The van der Waals surface area contributed by atoms with E-state index in [1.807, 2.05) is 0 Å². The lowest BCUT2D eigenvalue weighted by atomic mass is 9.99. The van der Waals surface area contributed by atoms with E-state index in [2.05, 4.69) is 20.1 Å². The van der Waals surface area contributed by atoms with Crippen molar-refractivity contribution in [3.63, 3.8) is 0 Å². The highest BCUT2D eigenvalue weighted by Crippen LogP contribution is 2.20. The van der Waals surface area contributed by atoms with E-state index in [9.17, 15) is 9.59 Å². The lowest BCUT2D eigenvalue weighted by molar-refractivity contribution is -0.111. The summed E-state index contributed by atoms with van der Waals surface area (Å²) in [6, 6.07) is 1.78. The predicted octanol–water partition coefficient (Wildman–Crippen LogP) is -0.167. The fourth-order valence-corrected chi connectivity index (χ4v) is 2.24. The Labute approximate surface area is 102 Å². The smallest absolute Gasteiger partial charge is 0.348 e. The second-order valence-electron chi connectivity index (χ2n) is 4.46. The molecule has 3 rings (SSSR count). The van der Waals surface area contributed by atoms with Crippen LogP contribution in [-0.2, 0) is 4.79 Å². The fraction of sp³-hybridized carbons (Fsp3) is 0.455. The molecule has 0 unspecified atom stereocenters. The van der Waals surface area contributed by atoms with Crippen molar-refractivity contribution in [1.82, 2.24) is 19.6 Å². The van der Waals surface area contributed by atoms with Crippen molar-refractivity contribution in [2.45, 2.75) is 12.8 Å². The van der Waals surface area contributed by atoms with Crippen LogP contribution in [0.1, 0.15) is 12.8 Å². The Morgan fingerprint density at radius 2 is 2.17 bits per heavy atom. The molecule has 0 aromatic carbocycles. The van der Waals surface area contributed by atoms with Gasteiger partial charge in [-0.3, -0.25) is 0 Å². The van der Waals surface area contributed by atoms with Crippen LogP contribution >= 0.6 is 0 Å². The van der Waals surface area contributed by atoms with Crippen LogP contribution in [-0.4, -0.2) is 39.0 Å². The molecule has 1 N–H and O–H groups in total. The molecule has 0 aliphatic carbocycles. The van der Waals surface area contributed by atoms with E-state index in [1.165, 1.54) is 10.7 Å². The van der Waals surface area contributed by atoms with Crippen molar-refractivity contribution in [3.8, 4) is 0 Å². The van der Waals surface area contributed by atoms with Crippen molar-refractivity contribution in [2.24, 2.45) is 5.92 Å². The third-order valence-electron chi connectivity index (χ3n) is 3.35. The monoisotopic (exact) mass is 247 g/mol. The Morgan fingerprint density at radius 1 is 1.39 bits per heavy atom. The van der Waals surface area contributed by atoms with Crippen molar-refractivity contribution in [2.75, 3.05) is 18.0 Å². The van der Waals surface area contributed by atoms with Crippen molar-refractivity contribution >= 4 is 17.8 Å². The van der Waals surface area contributed by atoms with Crippen LogP contribution in [0.25, 0.3) is 5.65 Å². The molecule has 0 spiro atoms. The van der Waals surface area contributed by atoms with Gasteiger partial charge < -0.3 is 9.69 Å². The van der Waals surface area contributed by atoms with Gasteiger partial charge >= 0.3 is 5.69 Å². The number of nitrogens with zero attached hydrogens (tertiary/aromatic N) is 4. The second kappa shape index (κ2) is 4.25. The molecule has 94 valence electrons. The molecule has 1 aliphatic rings. The van der Waals surface area contributed by atoms with Gasteiger partial charge in [0.15, 0.2) is 5.65 Å². The van der Waals surface area contributed by atoms with Crippen LogP contribution in [0.5, 0.6) is 0 Å². The SMILES string of the molecule is O=CC1CCN(c2cc3n[nH]c(=O)n3cn2)CC1. The number of carbonyl (C=O) groups is 1. The van der Waals surface area contributed by atoms with Crippen molar-refractivity contribution in [1.29, 1.82) is 0 Å². The van der Waals surface area contributed by atoms with E-state index >= 15 is 0 Å². The molecular formula is C11H13N5O2. The number of H-pyrrole nitrogens is 1. The summed E-state index contributed by atoms with van der Waals surface area (Å²) in [5.74, 6) is 0.962. The first-order chi connectivity index (χ1) is 8.78. The van der Waals surface area contributed by atoms with Crippen LogP contribution in [0.4, 0.5) is 5.82 Å². The standard InChI is InChI=1S/C11H13N5O2/c17-6-8-1-3-15(4-2-8)9-5-10-13-14-11(18)16(10)7-12-9/h5-8H,1-4H2,(H,14,18). The first-order valence-electron chi connectivity index (χ1n) is 5.91. The maximum absolute atomic E-state index is 11.3. The Morgan fingerprint density at radius 3 is 2.89 bits per heavy atom. The summed E-state index contributed by atoms with van der Waals surface area (Å²) in [5, 5.41) is 6.28. The van der Waals surface area contributed by atoms with Gasteiger partial charge in [0.1, 0.15) is 18.4 Å². The number of nitrogens with one attached hydrogen (secondary N) is 1. The van der Waals surface area contributed by atoms with E-state index in [-0.39, 0.29) is 11.6 Å². The van der Waals surface area contributed by atoms with E-state index in [1.54, 1.807) is 6.07 Å². The molecule has 0 amide bonds. The van der Waals surface area contributed by atoms with Crippen molar-refractivity contribution in [3.05, 3.63) is 22.9 Å². The van der Waals surface area contributed by atoms with Gasteiger partial charge in [-0.15, -0.1) is 0 Å². The minimum Gasteiger partial charge on any atom is -0.356 e. The first kappa shape index (κ1) is 10.9. The summed E-state index contributed by atoms with van der Waals surface area (Å²) in [6.07, 6.45) is 4.21. The van der Waals surface area contributed by atoms with E-state index < -0.39 is 0 Å². The van der Waals surface area contributed by atoms with Gasteiger partial charge in [-0.2, -0.15) is 5.10 Å².